The molecule has 3 aliphatic heterocycles. The molecule has 158 valence electrons. The van der Waals surface area contributed by atoms with E-state index in [1.54, 1.807) is 16.0 Å². The molecule has 4 heterocycles. The summed E-state index contributed by atoms with van der Waals surface area (Å²) in [4.78, 5) is 32.6. The van der Waals surface area contributed by atoms with E-state index in [0.717, 1.165) is 25.0 Å². The highest BCUT2D eigenvalue weighted by Crippen LogP contribution is 2.23. The van der Waals surface area contributed by atoms with E-state index in [9.17, 15) is 9.59 Å². The maximum Gasteiger partial charge on any atom is 0.242 e. The number of amides is 2. The van der Waals surface area contributed by atoms with Gasteiger partial charge in [-0.3, -0.25) is 14.6 Å². The molecule has 0 spiro atoms. The fourth-order valence-corrected chi connectivity index (χ4v) is 4.03. The number of ether oxygens (including phenoxy) is 3. The lowest BCUT2D eigenvalue weighted by atomic mass is 10.2. The van der Waals surface area contributed by atoms with E-state index >= 15 is 0 Å². The second kappa shape index (κ2) is 9.09. The first-order chi connectivity index (χ1) is 14.1. The number of rotatable bonds is 4. The van der Waals surface area contributed by atoms with Crippen molar-refractivity contribution in [2.75, 3.05) is 39.4 Å². The monoisotopic (exact) mass is 403 g/mol. The van der Waals surface area contributed by atoms with Gasteiger partial charge in [-0.15, -0.1) is 0 Å². The second-order valence-electron chi connectivity index (χ2n) is 8.04. The third-order valence-electron chi connectivity index (χ3n) is 5.74. The highest BCUT2D eigenvalue weighted by molar-refractivity contribution is 5.85. The van der Waals surface area contributed by atoms with Gasteiger partial charge in [0.05, 0.1) is 26.0 Å². The van der Waals surface area contributed by atoms with E-state index in [1.165, 1.54) is 0 Å². The van der Waals surface area contributed by atoms with Gasteiger partial charge in [0.1, 0.15) is 24.1 Å². The van der Waals surface area contributed by atoms with E-state index in [2.05, 4.69) is 4.98 Å². The highest BCUT2D eigenvalue weighted by atomic mass is 16.6. The molecule has 0 saturated carbocycles. The van der Waals surface area contributed by atoms with Crippen molar-refractivity contribution in [2.24, 2.45) is 0 Å². The van der Waals surface area contributed by atoms with Crippen LogP contribution in [0.2, 0.25) is 0 Å². The summed E-state index contributed by atoms with van der Waals surface area (Å²) in [5.74, 6) is 0.750. The Balaban J connectivity index is 1.27. The zero-order valence-corrected chi connectivity index (χ0v) is 16.9. The molecular formula is C21H29N3O5. The van der Waals surface area contributed by atoms with Crippen LogP contribution in [-0.2, 0) is 19.1 Å². The molecule has 0 aliphatic carbocycles. The van der Waals surface area contributed by atoms with Crippen molar-refractivity contribution in [1.82, 2.24) is 14.8 Å². The van der Waals surface area contributed by atoms with Gasteiger partial charge in [0.25, 0.3) is 0 Å². The van der Waals surface area contributed by atoms with Crippen LogP contribution < -0.4 is 4.74 Å². The minimum atomic E-state index is -0.205. The third-order valence-corrected chi connectivity index (χ3v) is 5.74. The van der Waals surface area contributed by atoms with Gasteiger partial charge in [0.2, 0.25) is 11.8 Å². The summed E-state index contributed by atoms with van der Waals surface area (Å²) in [6, 6.07) is 3.79. The number of aryl methyl sites for hydroxylation is 1. The number of carbonyl (C=O) groups excluding carboxylic acids is 2. The quantitative estimate of drug-likeness (QED) is 0.751. The second-order valence-corrected chi connectivity index (χ2v) is 8.04. The zero-order chi connectivity index (χ0) is 20.2. The Morgan fingerprint density at radius 3 is 2.62 bits per heavy atom. The highest BCUT2D eigenvalue weighted by Gasteiger charge is 2.40. The number of carbonyl (C=O) groups is 2. The molecule has 0 bridgehead atoms. The fourth-order valence-electron chi connectivity index (χ4n) is 4.03. The van der Waals surface area contributed by atoms with Gasteiger partial charge in [0.15, 0.2) is 0 Å². The minimum Gasteiger partial charge on any atom is -0.484 e. The molecule has 0 aromatic carbocycles. The molecule has 2 atom stereocenters. The van der Waals surface area contributed by atoms with Gasteiger partial charge in [-0.2, -0.15) is 0 Å². The van der Waals surface area contributed by atoms with Crippen LogP contribution >= 0.6 is 0 Å². The topological polar surface area (TPSA) is 81.2 Å². The van der Waals surface area contributed by atoms with Crippen molar-refractivity contribution in [2.45, 2.75) is 50.9 Å². The average molecular weight is 403 g/mol. The summed E-state index contributed by atoms with van der Waals surface area (Å²) in [7, 11) is 0. The third kappa shape index (κ3) is 5.05. The van der Waals surface area contributed by atoms with E-state index in [-0.39, 0.29) is 36.7 Å². The van der Waals surface area contributed by atoms with E-state index in [4.69, 9.17) is 14.2 Å². The molecule has 4 rings (SSSR count). The lowest BCUT2D eigenvalue weighted by Crippen LogP contribution is -2.42. The number of hydrogen-bond donors (Lipinski definition) is 0. The van der Waals surface area contributed by atoms with Crippen molar-refractivity contribution in [3.05, 3.63) is 24.0 Å². The summed E-state index contributed by atoms with van der Waals surface area (Å²) in [6.45, 7) is 4.55. The molecule has 0 N–H and O–H groups in total. The van der Waals surface area contributed by atoms with E-state index < -0.39 is 0 Å². The maximum atomic E-state index is 12.7. The predicted molar refractivity (Wildman–Crippen MR) is 104 cm³/mol. The first-order valence-electron chi connectivity index (χ1n) is 10.5. The number of nitrogens with zero attached hydrogens (tertiary/aromatic N) is 3. The SMILES string of the molecule is Cc1ccc(OC2CO[C@H]3CN(C(=O)CN4CCCCCC4=O)C[C@@H]3OC2)cn1. The Kier molecular flexibility index (Phi) is 6.30. The van der Waals surface area contributed by atoms with Gasteiger partial charge >= 0.3 is 0 Å². The Morgan fingerprint density at radius 1 is 1.17 bits per heavy atom. The molecule has 3 saturated heterocycles. The first kappa shape index (κ1) is 20.1. The molecule has 3 aliphatic rings. The van der Waals surface area contributed by atoms with Crippen molar-refractivity contribution in [1.29, 1.82) is 0 Å². The van der Waals surface area contributed by atoms with Crippen LogP contribution in [0.3, 0.4) is 0 Å². The van der Waals surface area contributed by atoms with Gasteiger partial charge < -0.3 is 24.0 Å². The Bertz CT molecular complexity index is 710. The van der Waals surface area contributed by atoms with E-state index in [0.29, 0.717) is 45.0 Å². The lowest BCUT2D eigenvalue weighted by Gasteiger charge is -2.24. The fraction of sp³-hybridized carbons (Fsp3) is 0.667. The molecule has 0 unspecified atom stereocenters. The normalized spacial score (nSPS) is 26.0. The zero-order valence-electron chi connectivity index (χ0n) is 16.9. The molecule has 29 heavy (non-hydrogen) atoms. The molecule has 1 aromatic rings. The van der Waals surface area contributed by atoms with E-state index in [1.807, 2.05) is 19.1 Å². The van der Waals surface area contributed by atoms with Gasteiger partial charge in [-0.25, -0.2) is 0 Å². The summed E-state index contributed by atoms with van der Waals surface area (Å²) < 4.78 is 17.9. The molecule has 8 heteroatoms. The summed E-state index contributed by atoms with van der Waals surface area (Å²) >= 11 is 0. The average Bonchev–Trinajstić information content (AvgIpc) is 2.90. The number of fused-ring (bicyclic) bond motifs is 1. The van der Waals surface area contributed by atoms with Gasteiger partial charge in [-0.05, 0) is 31.9 Å². The van der Waals surface area contributed by atoms with Crippen LogP contribution in [0.5, 0.6) is 5.75 Å². The standard InChI is InChI=1S/C21H29N3O5/c1-15-6-7-16(9-22-15)29-17-13-27-18-10-24(11-19(18)28-14-17)21(26)12-23-8-4-2-3-5-20(23)25/h6-7,9,17-19H,2-5,8,10-14H2,1H3/t18-,19-/m0/s1. The van der Waals surface area contributed by atoms with Crippen LogP contribution in [0.15, 0.2) is 18.3 Å². The van der Waals surface area contributed by atoms with Crippen molar-refractivity contribution >= 4 is 11.8 Å². The Morgan fingerprint density at radius 2 is 1.93 bits per heavy atom. The van der Waals surface area contributed by atoms with Crippen LogP contribution in [0.4, 0.5) is 0 Å². The van der Waals surface area contributed by atoms with Crippen molar-refractivity contribution < 1.29 is 23.8 Å². The molecular weight excluding hydrogens is 374 g/mol. The predicted octanol–water partition coefficient (Wildman–Crippen LogP) is 1.17. The van der Waals surface area contributed by atoms with Crippen LogP contribution in [0.25, 0.3) is 0 Å². The molecule has 2 amide bonds. The largest absolute Gasteiger partial charge is 0.484 e. The summed E-state index contributed by atoms with van der Waals surface area (Å²) in [6.07, 6.45) is 4.65. The lowest BCUT2D eigenvalue weighted by molar-refractivity contribution is -0.140. The van der Waals surface area contributed by atoms with Crippen molar-refractivity contribution in [3.63, 3.8) is 0 Å². The first-order valence-corrected chi connectivity index (χ1v) is 10.5. The molecule has 8 nitrogen and oxygen atoms in total. The number of hydrogen-bond acceptors (Lipinski definition) is 6. The van der Waals surface area contributed by atoms with Crippen molar-refractivity contribution in [3.8, 4) is 5.75 Å². The summed E-state index contributed by atoms with van der Waals surface area (Å²) in [5.41, 5.74) is 0.937. The Hall–Kier alpha value is -2.19. The number of likely N-dealkylation sites (tertiary alicyclic amines) is 2. The summed E-state index contributed by atoms with van der Waals surface area (Å²) in [5, 5.41) is 0. The molecule has 1 aromatic heterocycles. The number of pyridine rings is 1. The van der Waals surface area contributed by atoms with Crippen LogP contribution in [-0.4, -0.2) is 84.3 Å². The van der Waals surface area contributed by atoms with Crippen LogP contribution in [0.1, 0.15) is 31.4 Å². The van der Waals surface area contributed by atoms with Gasteiger partial charge in [-0.1, -0.05) is 6.42 Å². The molecule has 3 fully saturated rings. The minimum absolute atomic E-state index is 0.0287. The molecule has 0 radical (unpaired) electrons. The van der Waals surface area contributed by atoms with Crippen LogP contribution in [0, 0.1) is 6.92 Å². The van der Waals surface area contributed by atoms with Gasteiger partial charge in [0, 0.05) is 31.7 Å². The maximum absolute atomic E-state index is 12.7. The Labute approximate surface area is 171 Å². The smallest absolute Gasteiger partial charge is 0.242 e. The number of aromatic nitrogens is 1.